The predicted octanol–water partition coefficient (Wildman–Crippen LogP) is 3.98. The molecule has 108 valence electrons. The van der Waals surface area contributed by atoms with Crippen LogP contribution in [0.4, 0.5) is 5.82 Å². The average molecular weight is 274 g/mol. The van der Waals surface area contributed by atoms with Crippen molar-refractivity contribution in [1.29, 1.82) is 0 Å². The average Bonchev–Trinajstić information content (AvgIpc) is 2.97. The van der Waals surface area contributed by atoms with E-state index in [0.717, 1.165) is 49.1 Å². The largest absolute Gasteiger partial charge is 0.464 e. The summed E-state index contributed by atoms with van der Waals surface area (Å²) < 4.78 is 11.5. The minimum absolute atomic E-state index is 0.0280. The van der Waals surface area contributed by atoms with Crippen molar-refractivity contribution in [2.45, 2.75) is 51.2 Å². The Labute approximate surface area is 119 Å². The van der Waals surface area contributed by atoms with E-state index in [2.05, 4.69) is 24.1 Å². The first-order valence-electron chi connectivity index (χ1n) is 7.49. The molecular formula is C16H22N2O2. The molecule has 2 aromatic heterocycles. The number of hydrogen-bond donors (Lipinski definition) is 1. The number of anilines is 1. The van der Waals surface area contributed by atoms with Gasteiger partial charge in [0.05, 0.1) is 17.3 Å². The highest BCUT2D eigenvalue weighted by Gasteiger charge is 2.34. The van der Waals surface area contributed by atoms with E-state index in [0.29, 0.717) is 6.04 Å². The van der Waals surface area contributed by atoms with Gasteiger partial charge in [-0.25, -0.2) is 4.98 Å². The van der Waals surface area contributed by atoms with Gasteiger partial charge in [-0.3, -0.25) is 0 Å². The van der Waals surface area contributed by atoms with Crippen LogP contribution in [0.3, 0.4) is 0 Å². The zero-order valence-electron chi connectivity index (χ0n) is 12.2. The fourth-order valence-corrected chi connectivity index (χ4v) is 3.10. The lowest BCUT2D eigenvalue weighted by Gasteiger charge is -2.40. The molecule has 1 fully saturated rings. The zero-order chi connectivity index (χ0) is 14.0. The Morgan fingerprint density at radius 1 is 1.35 bits per heavy atom. The second-order valence-electron chi connectivity index (χ2n) is 5.56. The van der Waals surface area contributed by atoms with Crippen molar-refractivity contribution in [2.75, 3.05) is 11.9 Å². The van der Waals surface area contributed by atoms with E-state index in [4.69, 9.17) is 9.15 Å². The molecule has 20 heavy (non-hydrogen) atoms. The van der Waals surface area contributed by atoms with Crippen LogP contribution in [0.15, 0.2) is 29.0 Å². The van der Waals surface area contributed by atoms with E-state index in [1.54, 1.807) is 12.5 Å². The fourth-order valence-electron chi connectivity index (χ4n) is 3.10. The highest BCUT2D eigenvalue weighted by molar-refractivity contribution is 5.87. The summed E-state index contributed by atoms with van der Waals surface area (Å²) in [5.41, 5.74) is 0.909. The molecule has 0 aromatic carbocycles. The third-order valence-corrected chi connectivity index (χ3v) is 4.50. The van der Waals surface area contributed by atoms with Gasteiger partial charge in [-0.05, 0) is 37.8 Å². The first-order valence-corrected chi connectivity index (χ1v) is 7.49. The second kappa shape index (κ2) is 5.44. The number of furan rings is 1. The number of rotatable bonds is 4. The van der Waals surface area contributed by atoms with E-state index in [-0.39, 0.29) is 5.60 Å². The van der Waals surface area contributed by atoms with Crippen LogP contribution >= 0.6 is 0 Å². The topological polar surface area (TPSA) is 47.3 Å². The van der Waals surface area contributed by atoms with Gasteiger partial charge in [-0.15, -0.1) is 0 Å². The predicted molar refractivity (Wildman–Crippen MR) is 79.9 cm³/mol. The zero-order valence-corrected chi connectivity index (χ0v) is 12.2. The molecule has 0 bridgehead atoms. The summed E-state index contributed by atoms with van der Waals surface area (Å²) in [6, 6.07) is 4.28. The second-order valence-corrected chi connectivity index (χ2v) is 5.56. The molecular weight excluding hydrogens is 252 g/mol. The lowest BCUT2D eigenvalue weighted by molar-refractivity contribution is -0.0864. The number of nitrogens with zero attached hydrogens (tertiary/aromatic N) is 1. The number of fused-ring (bicyclic) bond motifs is 1. The van der Waals surface area contributed by atoms with Crippen LogP contribution in [0.25, 0.3) is 11.0 Å². The normalized spacial score (nSPS) is 22.0. The van der Waals surface area contributed by atoms with Crippen molar-refractivity contribution in [3.8, 4) is 0 Å². The Bertz CT molecular complexity index is 575. The third-order valence-electron chi connectivity index (χ3n) is 4.50. The molecule has 1 aliphatic heterocycles. The molecule has 1 N–H and O–H groups in total. The van der Waals surface area contributed by atoms with Crippen LogP contribution in [0.5, 0.6) is 0 Å². The molecule has 1 atom stereocenters. The first-order chi connectivity index (χ1) is 9.76. The van der Waals surface area contributed by atoms with Gasteiger partial charge in [-0.2, -0.15) is 0 Å². The van der Waals surface area contributed by atoms with Gasteiger partial charge in [0, 0.05) is 18.8 Å². The van der Waals surface area contributed by atoms with Gasteiger partial charge < -0.3 is 14.5 Å². The Balaban J connectivity index is 1.79. The highest BCUT2D eigenvalue weighted by Crippen LogP contribution is 2.33. The van der Waals surface area contributed by atoms with Gasteiger partial charge >= 0.3 is 0 Å². The van der Waals surface area contributed by atoms with E-state index in [1.165, 1.54) is 0 Å². The monoisotopic (exact) mass is 274 g/mol. The summed E-state index contributed by atoms with van der Waals surface area (Å²) in [5.74, 6) is 0.921. The van der Waals surface area contributed by atoms with Crippen LogP contribution in [0.1, 0.15) is 39.5 Å². The van der Waals surface area contributed by atoms with Crippen LogP contribution in [0.2, 0.25) is 0 Å². The van der Waals surface area contributed by atoms with Gasteiger partial charge in [0.2, 0.25) is 0 Å². The molecule has 1 saturated heterocycles. The molecule has 4 heteroatoms. The molecule has 0 spiro atoms. The van der Waals surface area contributed by atoms with Crippen molar-refractivity contribution < 1.29 is 9.15 Å². The lowest BCUT2D eigenvalue weighted by Crippen LogP contribution is -2.43. The molecule has 0 radical (unpaired) electrons. The number of hydrogen-bond acceptors (Lipinski definition) is 4. The quantitative estimate of drug-likeness (QED) is 0.916. The summed E-state index contributed by atoms with van der Waals surface area (Å²) in [7, 11) is 0. The number of ether oxygens (including phenoxy) is 1. The van der Waals surface area contributed by atoms with Crippen LogP contribution < -0.4 is 5.32 Å². The van der Waals surface area contributed by atoms with Gasteiger partial charge in [0.15, 0.2) is 0 Å². The van der Waals surface area contributed by atoms with Crippen molar-refractivity contribution >= 4 is 16.8 Å². The summed E-state index contributed by atoms with van der Waals surface area (Å²) in [6.07, 6.45) is 7.69. The van der Waals surface area contributed by atoms with Gasteiger partial charge in [-0.1, -0.05) is 13.8 Å². The van der Waals surface area contributed by atoms with E-state index >= 15 is 0 Å². The maximum Gasteiger partial charge on any atom is 0.139 e. The van der Waals surface area contributed by atoms with E-state index < -0.39 is 0 Å². The molecule has 2 aromatic rings. The first kappa shape index (κ1) is 13.4. The Kier molecular flexibility index (Phi) is 3.66. The molecule has 0 amide bonds. The lowest BCUT2D eigenvalue weighted by atomic mass is 9.86. The molecule has 4 nitrogen and oxygen atoms in total. The van der Waals surface area contributed by atoms with Crippen molar-refractivity contribution in [1.82, 2.24) is 4.98 Å². The van der Waals surface area contributed by atoms with Crippen LogP contribution in [-0.4, -0.2) is 23.2 Å². The van der Waals surface area contributed by atoms with Crippen LogP contribution in [-0.2, 0) is 4.74 Å². The van der Waals surface area contributed by atoms with E-state index in [9.17, 15) is 0 Å². The minimum atomic E-state index is 0.0280. The summed E-state index contributed by atoms with van der Waals surface area (Å²) >= 11 is 0. The molecule has 0 saturated carbocycles. The maximum atomic E-state index is 6.03. The fraction of sp³-hybridized carbons (Fsp3) is 0.562. The highest BCUT2D eigenvalue weighted by atomic mass is 16.5. The Hall–Kier alpha value is -1.55. The van der Waals surface area contributed by atoms with Gasteiger partial charge in [0.1, 0.15) is 11.4 Å². The minimum Gasteiger partial charge on any atom is -0.464 e. The molecule has 1 unspecified atom stereocenters. The van der Waals surface area contributed by atoms with Crippen molar-refractivity contribution in [2.24, 2.45) is 0 Å². The van der Waals surface area contributed by atoms with E-state index in [1.807, 2.05) is 12.1 Å². The SMILES string of the molecule is CCC1(CC)CC(Nc2nccc3occc23)CCO1. The standard InChI is InChI=1S/C16H22N2O2/c1-3-16(4-2)11-12(6-10-20-16)18-15-13-7-9-19-14(13)5-8-17-15/h5,7-9,12H,3-4,6,10-11H2,1-2H3,(H,17,18). The number of aromatic nitrogens is 1. The Morgan fingerprint density at radius 2 is 2.20 bits per heavy atom. The molecule has 1 aliphatic rings. The molecule has 0 aliphatic carbocycles. The molecule has 3 heterocycles. The third kappa shape index (κ3) is 2.40. The smallest absolute Gasteiger partial charge is 0.139 e. The van der Waals surface area contributed by atoms with Crippen molar-refractivity contribution in [3.63, 3.8) is 0 Å². The summed E-state index contributed by atoms with van der Waals surface area (Å²) in [5, 5.41) is 4.64. The van der Waals surface area contributed by atoms with Gasteiger partial charge in [0.25, 0.3) is 0 Å². The molecule has 3 rings (SSSR count). The number of pyridine rings is 1. The van der Waals surface area contributed by atoms with Crippen molar-refractivity contribution in [3.05, 3.63) is 24.6 Å². The van der Waals surface area contributed by atoms with Crippen LogP contribution in [0, 0.1) is 0 Å². The maximum absolute atomic E-state index is 6.03. The summed E-state index contributed by atoms with van der Waals surface area (Å²) in [4.78, 5) is 4.46. The number of nitrogens with one attached hydrogen (secondary N) is 1. The Morgan fingerprint density at radius 3 is 3.00 bits per heavy atom. The summed E-state index contributed by atoms with van der Waals surface area (Å²) in [6.45, 7) is 5.24.